The molecule has 1 saturated heterocycles. The van der Waals surface area contributed by atoms with E-state index in [1.165, 1.54) is 29.8 Å². The highest BCUT2D eigenvalue weighted by Crippen LogP contribution is 2.28. The maximum absolute atomic E-state index is 11.6. The molecule has 2 atom stereocenters. The van der Waals surface area contributed by atoms with Crippen molar-refractivity contribution in [3.05, 3.63) is 23.0 Å². The van der Waals surface area contributed by atoms with E-state index < -0.39 is 0 Å². The van der Waals surface area contributed by atoms with Gasteiger partial charge in [0.2, 0.25) is 5.91 Å². The molecule has 1 amide bonds. The minimum atomic E-state index is -0.0436. The van der Waals surface area contributed by atoms with Crippen LogP contribution in [0.4, 0.5) is 0 Å². The molecule has 18 heavy (non-hydrogen) atoms. The van der Waals surface area contributed by atoms with Gasteiger partial charge in [0.15, 0.2) is 0 Å². The van der Waals surface area contributed by atoms with E-state index in [0.29, 0.717) is 6.54 Å². The van der Waals surface area contributed by atoms with E-state index >= 15 is 0 Å². The topological polar surface area (TPSA) is 46.1 Å². The number of amides is 1. The summed E-state index contributed by atoms with van der Waals surface area (Å²) in [7, 11) is 0. The smallest absolute Gasteiger partial charge is 0.237 e. The summed E-state index contributed by atoms with van der Waals surface area (Å²) in [5.74, 6) is 0.137. The molecule has 4 nitrogen and oxygen atoms in total. The molecule has 2 aliphatic heterocycles. The first kappa shape index (κ1) is 11.8. The fraction of sp³-hybridized carbons (Fsp3) is 0.643. The summed E-state index contributed by atoms with van der Waals surface area (Å²) < 4.78 is 2.42. The van der Waals surface area contributed by atoms with Gasteiger partial charge in [-0.1, -0.05) is 6.92 Å². The SMILES string of the molecule is CCC1NC(c2cc3n(c2C)CCC3)CNC1=O. The van der Waals surface area contributed by atoms with Gasteiger partial charge < -0.3 is 9.88 Å². The van der Waals surface area contributed by atoms with Crippen LogP contribution in [0.2, 0.25) is 0 Å². The van der Waals surface area contributed by atoms with Crippen molar-refractivity contribution in [2.24, 2.45) is 0 Å². The molecule has 1 aromatic heterocycles. The van der Waals surface area contributed by atoms with Gasteiger partial charge in [0.25, 0.3) is 0 Å². The average Bonchev–Trinajstić information content (AvgIpc) is 2.94. The summed E-state index contributed by atoms with van der Waals surface area (Å²) in [5.41, 5.74) is 4.18. The molecule has 2 unspecified atom stereocenters. The number of carbonyl (C=O) groups excluding carboxylic acids is 1. The molecule has 0 aliphatic carbocycles. The Hall–Kier alpha value is -1.29. The van der Waals surface area contributed by atoms with Gasteiger partial charge in [-0.25, -0.2) is 0 Å². The number of aromatic nitrogens is 1. The van der Waals surface area contributed by atoms with Gasteiger partial charge in [-0.05, 0) is 37.8 Å². The maximum Gasteiger partial charge on any atom is 0.237 e. The van der Waals surface area contributed by atoms with Crippen molar-refractivity contribution >= 4 is 5.91 Å². The van der Waals surface area contributed by atoms with Crippen molar-refractivity contribution in [1.82, 2.24) is 15.2 Å². The zero-order valence-electron chi connectivity index (χ0n) is 11.1. The van der Waals surface area contributed by atoms with Crippen molar-refractivity contribution in [2.75, 3.05) is 6.54 Å². The van der Waals surface area contributed by atoms with E-state index in [0.717, 1.165) is 13.0 Å². The van der Waals surface area contributed by atoms with Gasteiger partial charge in [-0.15, -0.1) is 0 Å². The molecule has 2 N–H and O–H groups in total. The third kappa shape index (κ3) is 1.75. The summed E-state index contributed by atoms with van der Waals surface area (Å²) in [5, 5.41) is 6.49. The van der Waals surface area contributed by atoms with Crippen molar-refractivity contribution in [1.29, 1.82) is 0 Å². The summed E-state index contributed by atoms with van der Waals surface area (Å²) >= 11 is 0. The molecule has 0 bridgehead atoms. The van der Waals surface area contributed by atoms with E-state index in [1.54, 1.807) is 0 Å². The van der Waals surface area contributed by atoms with Gasteiger partial charge in [-0.2, -0.15) is 0 Å². The van der Waals surface area contributed by atoms with Crippen molar-refractivity contribution in [3.63, 3.8) is 0 Å². The average molecular weight is 247 g/mol. The molecule has 0 saturated carbocycles. The molecule has 1 aromatic rings. The number of piperazine rings is 1. The lowest BCUT2D eigenvalue weighted by Gasteiger charge is -2.30. The van der Waals surface area contributed by atoms with Crippen LogP contribution in [-0.4, -0.2) is 23.1 Å². The first-order valence-corrected chi connectivity index (χ1v) is 6.93. The lowest BCUT2D eigenvalue weighted by atomic mass is 10.0. The predicted molar refractivity (Wildman–Crippen MR) is 70.5 cm³/mol. The molecule has 0 radical (unpaired) electrons. The van der Waals surface area contributed by atoms with Crippen molar-refractivity contribution in [2.45, 2.75) is 51.7 Å². The largest absolute Gasteiger partial charge is 0.353 e. The maximum atomic E-state index is 11.6. The quantitative estimate of drug-likeness (QED) is 0.827. The van der Waals surface area contributed by atoms with Gasteiger partial charge in [0.05, 0.1) is 12.1 Å². The second-order valence-corrected chi connectivity index (χ2v) is 5.36. The number of nitrogens with one attached hydrogen (secondary N) is 2. The number of nitrogens with zero attached hydrogens (tertiary/aromatic N) is 1. The molecule has 4 heteroatoms. The normalized spacial score (nSPS) is 27.1. The van der Waals surface area contributed by atoms with E-state index in [2.05, 4.69) is 28.2 Å². The van der Waals surface area contributed by atoms with E-state index in [9.17, 15) is 4.79 Å². The molecule has 3 rings (SSSR count). The van der Waals surface area contributed by atoms with E-state index in [-0.39, 0.29) is 18.0 Å². The van der Waals surface area contributed by atoms with Crippen LogP contribution in [-0.2, 0) is 17.8 Å². The highest BCUT2D eigenvalue weighted by Gasteiger charge is 2.30. The van der Waals surface area contributed by atoms with E-state index in [1.807, 2.05) is 6.92 Å². The number of carbonyl (C=O) groups is 1. The number of hydrogen-bond acceptors (Lipinski definition) is 2. The van der Waals surface area contributed by atoms with E-state index in [4.69, 9.17) is 0 Å². The third-order valence-corrected chi connectivity index (χ3v) is 4.29. The Bertz CT molecular complexity index is 478. The number of fused-ring (bicyclic) bond motifs is 1. The minimum absolute atomic E-state index is 0.0436. The second-order valence-electron chi connectivity index (χ2n) is 5.36. The van der Waals surface area contributed by atoms with Crippen LogP contribution in [0.3, 0.4) is 0 Å². The monoisotopic (exact) mass is 247 g/mol. The molecular weight excluding hydrogens is 226 g/mol. The molecule has 2 aliphatic rings. The molecule has 0 spiro atoms. The third-order valence-electron chi connectivity index (χ3n) is 4.29. The summed E-state index contributed by atoms with van der Waals surface area (Å²) in [4.78, 5) is 11.6. The molecular formula is C14H21N3O. The standard InChI is InChI=1S/C14H21N3O/c1-3-12-14(18)15-8-13(16-12)11-7-10-5-4-6-17(10)9(11)2/h7,12-13,16H,3-6,8H2,1-2H3,(H,15,18). The highest BCUT2D eigenvalue weighted by molar-refractivity contribution is 5.82. The Morgan fingerprint density at radius 2 is 2.33 bits per heavy atom. The van der Waals surface area contributed by atoms with Crippen LogP contribution < -0.4 is 10.6 Å². The fourth-order valence-corrected chi connectivity index (χ4v) is 3.23. The van der Waals surface area contributed by atoms with Gasteiger partial charge in [0, 0.05) is 24.5 Å². The molecule has 98 valence electrons. The molecule has 0 aromatic carbocycles. The van der Waals surface area contributed by atoms with Gasteiger partial charge >= 0.3 is 0 Å². The van der Waals surface area contributed by atoms with Crippen LogP contribution in [0.5, 0.6) is 0 Å². The first-order valence-electron chi connectivity index (χ1n) is 6.93. The Morgan fingerprint density at radius 1 is 1.50 bits per heavy atom. The van der Waals surface area contributed by atoms with Crippen LogP contribution >= 0.6 is 0 Å². The van der Waals surface area contributed by atoms with Crippen LogP contribution in [0.25, 0.3) is 0 Å². The van der Waals surface area contributed by atoms with Crippen LogP contribution in [0.15, 0.2) is 6.07 Å². The molecule has 1 fully saturated rings. The number of hydrogen-bond donors (Lipinski definition) is 2. The zero-order valence-corrected chi connectivity index (χ0v) is 11.1. The Morgan fingerprint density at radius 3 is 3.06 bits per heavy atom. The first-order chi connectivity index (χ1) is 8.70. The Kier molecular flexibility index (Phi) is 2.90. The summed E-state index contributed by atoms with van der Waals surface area (Å²) in [6.45, 7) is 6.10. The predicted octanol–water partition coefficient (Wildman–Crippen LogP) is 1.28. The summed E-state index contributed by atoms with van der Waals surface area (Å²) in [6, 6.07) is 2.55. The lowest BCUT2D eigenvalue weighted by Crippen LogP contribution is -2.54. The summed E-state index contributed by atoms with van der Waals surface area (Å²) in [6.07, 6.45) is 3.30. The van der Waals surface area contributed by atoms with Crippen molar-refractivity contribution in [3.8, 4) is 0 Å². The molecule has 3 heterocycles. The van der Waals surface area contributed by atoms with Crippen LogP contribution in [0, 0.1) is 6.92 Å². The Labute approximate surface area is 108 Å². The highest BCUT2D eigenvalue weighted by atomic mass is 16.2. The van der Waals surface area contributed by atoms with Crippen molar-refractivity contribution < 1.29 is 4.79 Å². The van der Waals surface area contributed by atoms with Gasteiger partial charge in [0.1, 0.15) is 0 Å². The zero-order chi connectivity index (χ0) is 12.7. The fourth-order valence-electron chi connectivity index (χ4n) is 3.23. The number of aryl methyl sites for hydroxylation is 1. The Balaban J connectivity index is 1.85. The second kappa shape index (κ2) is 4.43. The van der Waals surface area contributed by atoms with Gasteiger partial charge in [-0.3, -0.25) is 10.1 Å². The number of rotatable bonds is 2. The van der Waals surface area contributed by atoms with Crippen LogP contribution in [0.1, 0.15) is 42.8 Å². The lowest BCUT2D eigenvalue weighted by molar-refractivity contribution is -0.125. The minimum Gasteiger partial charge on any atom is -0.353 e.